The normalized spacial score (nSPS) is 16.5. The van der Waals surface area contributed by atoms with Crippen molar-refractivity contribution in [1.29, 1.82) is 0 Å². The van der Waals surface area contributed by atoms with E-state index in [9.17, 15) is 9.00 Å². The zero-order valence-electron chi connectivity index (χ0n) is 24.8. The smallest absolute Gasteiger partial charge is 0.216 e. The number of rotatable bonds is 10. The molecule has 1 aromatic carbocycles. The number of pyridine rings is 1. The first-order chi connectivity index (χ1) is 19.8. The van der Waals surface area contributed by atoms with Gasteiger partial charge in [-0.1, -0.05) is 42.3 Å². The minimum atomic E-state index is -1.14. The lowest BCUT2D eigenvalue weighted by atomic mass is 9.75. The molecule has 42 heavy (non-hydrogen) atoms. The molecule has 2 N–H and O–H groups in total. The van der Waals surface area contributed by atoms with Crippen molar-refractivity contribution in [1.82, 2.24) is 19.7 Å². The van der Waals surface area contributed by atoms with E-state index in [1.165, 1.54) is 6.20 Å². The number of aromatic nitrogens is 3. The van der Waals surface area contributed by atoms with Crippen molar-refractivity contribution in [3.8, 4) is 5.75 Å². The molecular formula is C30H38Cl2N6O3S. The van der Waals surface area contributed by atoms with E-state index in [1.54, 1.807) is 19.4 Å². The summed E-state index contributed by atoms with van der Waals surface area (Å²) in [4.78, 5) is 28.7. The molecule has 0 saturated carbocycles. The van der Waals surface area contributed by atoms with Gasteiger partial charge < -0.3 is 15.0 Å². The van der Waals surface area contributed by atoms with E-state index in [4.69, 9.17) is 27.9 Å². The molecule has 1 aliphatic rings. The number of piperidine rings is 1. The average Bonchev–Trinajstić information content (AvgIpc) is 2.96. The van der Waals surface area contributed by atoms with Gasteiger partial charge in [-0.3, -0.25) is 4.79 Å². The molecule has 2 aromatic heterocycles. The van der Waals surface area contributed by atoms with E-state index in [1.807, 2.05) is 45.0 Å². The summed E-state index contributed by atoms with van der Waals surface area (Å²) in [5.74, 6) is 1.32. The molecule has 2 unspecified atom stereocenters. The van der Waals surface area contributed by atoms with Crippen LogP contribution in [-0.4, -0.2) is 55.9 Å². The van der Waals surface area contributed by atoms with Crippen molar-refractivity contribution < 1.29 is 13.7 Å². The number of ether oxygens (including phenoxy) is 1. The van der Waals surface area contributed by atoms with Crippen LogP contribution in [0.5, 0.6) is 5.75 Å². The SMILES string of the molecule is COc1ccc(CNc2nccc(C(=O)c3ncc(N4CCC(C)(C(C)NS(=O)C(C)(C)C)CC4)nc3Cl)c2Cl)cc1. The third-order valence-electron chi connectivity index (χ3n) is 7.80. The summed E-state index contributed by atoms with van der Waals surface area (Å²) in [5.41, 5.74) is 1.23. The Bertz CT molecular complexity index is 1440. The number of methoxy groups -OCH3 is 1. The van der Waals surface area contributed by atoms with Crippen molar-refractivity contribution >= 4 is 51.6 Å². The number of anilines is 2. The van der Waals surface area contributed by atoms with Crippen molar-refractivity contribution in [2.24, 2.45) is 5.41 Å². The number of benzene rings is 1. The summed E-state index contributed by atoms with van der Waals surface area (Å²) in [6.07, 6.45) is 4.85. The van der Waals surface area contributed by atoms with Gasteiger partial charge in [0, 0.05) is 37.4 Å². The Morgan fingerprint density at radius 3 is 2.40 bits per heavy atom. The number of carbonyl (C=O) groups excluding carboxylic acids is 1. The zero-order valence-corrected chi connectivity index (χ0v) is 27.2. The first kappa shape index (κ1) is 32.1. The number of hydrogen-bond donors (Lipinski definition) is 2. The average molecular weight is 634 g/mol. The Morgan fingerprint density at radius 2 is 1.81 bits per heavy atom. The molecule has 0 aliphatic carbocycles. The van der Waals surface area contributed by atoms with Gasteiger partial charge in [-0.05, 0) is 69.7 Å². The monoisotopic (exact) mass is 632 g/mol. The Kier molecular flexibility index (Phi) is 10.1. The molecule has 1 fully saturated rings. The molecule has 0 amide bonds. The van der Waals surface area contributed by atoms with Crippen LogP contribution in [0.2, 0.25) is 10.2 Å². The summed E-state index contributed by atoms with van der Waals surface area (Å²) < 4.78 is 20.8. The lowest BCUT2D eigenvalue weighted by Crippen LogP contribution is -2.51. The Balaban J connectivity index is 1.41. The summed E-state index contributed by atoms with van der Waals surface area (Å²) in [6, 6.07) is 9.22. The lowest BCUT2D eigenvalue weighted by Gasteiger charge is -2.44. The number of ketones is 1. The van der Waals surface area contributed by atoms with Crippen LogP contribution < -0.4 is 19.7 Å². The second kappa shape index (κ2) is 13.2. The lowest BCUT2D eigenvalue weighted by molar-refractivity contribution is 0.103. The van der Waals surface area contributed by atoms with Crippen LogP contribution in [0.1, 0.15) is 69.1 Å². The molecule has 4 rings (SSSR count). The van der Waals surface area contributed by atoms with Crippen LogP contribution >= 0.6 is 23.2 Å². The van der Waals surface area contributed by atoms with Gasteiger partial charge in [-0.15, -0.1) is 0 Å². The number of carbonyl (C=O) groups is 1. The maximum Gasteiger partial charge on any atom is 0.216 e. The highest BCUT2D eigenvalue weighted by atomic mass is 35.5. The van der Waals surface area contributed by atoms with Gasteiger partial charge in [0.05, 0.1) is 34.1 Å². The number of hydrogen-bond acceptors (Lipinski definition) is 8. The highest BCUT2D eigenvalue weighted by Crippen LogP contribution is 2.37. The third kappa shape index (κ3) is 7.40. The second-order valence-corrected chi connectivity index (χ2v) is 14.5. The summed E-state index contributed by atoms with van der Waals surface area (Å²) >= 11 is 13.1. The maximum atomic E-state index is 13.4. The van der Waals surface area contributed by atoms with E-state index in [0.717, 1.165) is 37.2 Å². The molecule has 0 radical (unpaired) electrons. The van der Waals surface area contributed by atoms with Crippen molar-refractivity contribution in [3.63, 3.8) is 0 Å². The maximum absolute atomic E-state index is 13.4. The highest BCUT2D eigenvalue weighted by molar-refractivity contribution is 7.84. The highest BCUT2D eigenvalue weighted by Gasteiger charge is 2.37. The molecule has 9 nitrogen and oxygen atoms in total. The zero-order chi connectivity index (χ0) is 30.7. The molecule has 226 valence electrons. The van der Waals surface area contributed by atoms with E-state index in [0.29, 0.717) is 18.2 Å². The van der Waals surface area contributed by atoms with E-state index < -0.39 is 16.8 Å². The van der Waals surface area contributed by atoms with Gasteiger partial charge in [0.25, 0.3) is 0 Å². The van der Waals surface area contributed by atoms with Crippen LogP contribution in [-0.2, 0) is 17.5 Å². The minimum Gasteiger partial charge on any atom is -0.497 e. The quantitative estimate of drug-likeness (QED) is 0.259. The molecule has 3 heterocycles. The van der Waals surface area contributed by atoms with Gasteiger partial charge in [-0.2, -0.15) is 0 Å². The summed E-state index contributed by atoms with van der Waals surface area (Å²) in [6.45, 7) is 12.2. The fraction of sp³-hybridized carbons (Fsp3) is 0.467. The molecular weight excluding hydrogens is 595 g/mol. The number of nitrogens with zero attached hydrogens (tertiary/aromatic N) is 4. The van der Waals surface area contributed by atoms with Crippen LogP contribution in [0.25, 0.3) is 0 Å². The number of halogens is 2. The molecule has 3 aromatic rings. The van der Waals surface area contributed by atoms with Crippen molar-refractivity contribution in [3.05, 3.63) is 69.7 Å². The first-order valence-corrected chi connectivity index (χ1v) is 15.7. The molecule has 1 saturated heterocycles. The Hall–Kier alpha value is -2.79. The Morgan fingerprint density at radius 1 is 1.14 bits per heavy atom. The predicted molar refractivity (Wildman–Crippen MR) is 170 cm³/mol. The first-order valence-electron chi connectivity index (χ1n) is 13.8. The largest absolute Gasteiger partial charge is 0.497 e. The molecule has 2 atom stereocenters. The molecule has 12 heteroatoms. The van der Waals surface area contributed by atoms with E-state index in [-0.39, 0.29) is 37.6 Å². The van der Waals surface area contributed by atoms with Crippen molar-refractivity contribution in [2.45, 2.75) is 64.8 Å². The van der Waals surface area contributed by atoms with Crippen LogP contribution in [0.4, 0.5) is 11.6 Å². The minimum absolute atomic E-state index is 0.0158. The molecule has 0 bridgehead atoms. The molecule has 0 spiro atoms. The topological polar surface area (TPSA) is 109 Å². The predicted octanol–water partition coefficient (Wildman–Crippen LogP) is 6.08. The van der Waals surface area contributed by atoms with Gasteiger partial charge in [0.15, 0.2) is 5.15 Å². The van der Waals surface area contributed by atoms with Gasteiger partial charge in [-0.25, -0.2) is 23.9 Å². The second-order valence-electron chi connectivity index (χ2n) is 11.8. The van der Waals surface area contributed by atoms with Gasteiger partial charge in [0.2, 0.25) is 5.78 Å². The third-order valence-corrected chi connectivity index (χ3v) is 10.1. The fourth-order valence-corrected chi connectivity index (χ4v) is 6.07. The van der Waals surface area contributed by atoms with Crippen LogP contribution in [0.15, 0.2) is 42.7 Å². The van der Waals surface area contributed by atoms with Gasteiger partial charge in [0.1, 0.15) is 23.1 Å². The summed E-state index contributed by atoms with van der Waals surface area (Å²) in [7, 11) is 0.480. The summed E-state index contributed by atoms with van der Waals surface area (Å²) in [5, 5.41) is 3.38. The molecule has 1 aliphatic heterocycles. The standard InChI is InChI=1S/C30H38Cl2N6O3S/c1-19(37-42(40)29(2,3)4)30(5)12-15-38(16-13-30)23-18-34-25(27(32)36-23)26(39)22-11-14-33-28(24(22)31)35-17-20-7-9-21(41-6)10-8-20/h7-11,14,18-19,37H,12-13,15-17H2,1-6H3,(H,33,35). The van der Waals surface area contributed by atoms with Gasteiger partial charge >= 0.3 is 0 Å². The Labute approximate surface area is 260 Å². The van der Waals surface area contributed by atoms with Crippen LogP contribution in [0, 0.1) is 5.41 Å². The number of nitrogens with one attached hydrogen (secondary N) is 2. The van der Waals surface area contributed by atoms with E-state index in [2.05, 4.69) is 43.7 Å². The van der Waals surface area contributed by atoms with Crippen molar-refractivity contribution in [2.75, 3.05) is 30.4 Å². The van der Waals surface area contributed by atoms with Crippen LogP contribution in [0.3, 0.4) is 0 Å². The fourth-order valence-electron chi connectivity index (χ4n) is 4.62. The van der Waals surface area contributed by atoms with E-state index >= 15 is 0 Å².